The number of pyridine rings is 1. The first-order valence-corrected chi connectivity index (χ1v) is 6.68. The molecule has 3 heteroatoms. The van der Waals surface area contributed by atoms with Crippen molar-refractivity contribution in [3.63, 3.8) is 0 Å². The van der Waals surface area contributed by atoms with Crippen LogP contribution in [0.2, 0.25) is 0 Å². The van der Waals surface area contributed by atoms with Crippen molar-refractivity contribution in [1.29, 1.82) is 0 Å². The summed E-state index contributed by atoms with van der Waals surface area (Å²) < 4.78 is 0. The standard InChI is InChI=1S/C14H21N3/c1-11-2-3-13(16-8-11)10-17-7-5-14-12(9-17)4-6-15-14/h2-3,8,12,14-15H,4-7,9-10H2,1H3. The van der Waals surface area contributed by atoms with Crippen LogP contribution in [0, 0.1) is 12.8 Å². The zero-order valence-corrected chi connectivity index (χ0v) is 10.5. The SMILES string of the molecule is Cc1ccc(CN2CCC3NCCC3C2)nc1. The Kier molecular flexibility index (Phi) is 3.12. The van der Waals surface area contributed by atoms with Gasteiger partial charge in [-0.25, -0.2) is 0 Å². The number of hydrogen-bond donors (Lipinski definition) is 1. The van der Waals surface area contributed by atoms with Gasteiger partial charge in [0, 0.05) is 31.9 Å². The number of piperidine rings is 1. The first-order chi connectivity index (χ1) is 8.31. The summed E-state index contributed by atoms with van der Waals surface area (Å²) in [7, 11) is 0. The third kappa shape index (κ3) is 2.50. The summed E-state index contributed by atoms with van der Waals surface area (Å²) in [6.45, 7) is 6.78. The van der Waals surface area contributed by atoms with Crippen molar-refractivity contribution in [2.75, 3.05) is 19.6 Å². The van der Waals surface area contributed by atoms with Crippen molar-refractivity contribution in [3.05, 3.63) is 29.6 Å². The lowest BCUT2D eigenvalue weighted by Gasteiger charge is -2.34. The van der Waals surface area contributed by atoms with Crippen LogP contribution in [0.25, 0.3) is 0 Å². The average molecular weight is 231 g/mol. The monoisotopic (exact) mass is 231 g/mol. The second kappa shape index (κ2) is 4.75. The van der Waals surface area contributed by atoms with Crippen LogP contribution < -0.4 is 5.32 Å². The fourth-order valence-corrected chi connectivity index (χ4v) is 3.09. The van der Waals surface area contributed by atoms with Crippen LogP contribution in [0.1, 0.15) is 24.1 Å². The van der Waals surface area contributed by atoms with Crippen molar-refractivity contribution in [3.8, 4) is 0 Å². The second-order valence-electron chi connectivity index (χ2n) is 5.46. The Morgan fingerprint density at radius 2 is 2.35 bits per heavy atom. The third-order valence-corrected chi connectivity index (χ3v) is 4.10. The normalized spacial score (nSPS) is 29.2. The molecule has 3 heterocycles. The van der Waals surface area contributed by atoms with Crippen LogP contribution in [0.4, 0.5) is 0 Å². The molecule has 2 fully saturated rings. The molecular formula is C14H21N3. The summed E-state index contributed by atoms with van der Waals surface area (Å²) in [5.41, 5.74) is 2.45. The van der Waals surface area contributed by atoms with Gasteiger partial charge in [-0.1, -0.05) is 6.07 Å². The quantitative estimate of drug-likeness (QED) is 0.837. The summed E-state index contributed by atoms with van der Waals surface area (Å²) in [5.74, 6) is 0.870. The molecular weight excluding hydrogens is 210 g/mol. The van der Waals surface area contributed by atoms with Crippen LogP contribution >= 0.6 is 0 Å². The molecule has 17 heavy (non-hydrogen) atoms. The van der Waals surface area contributed by atoms with Gasteiger partial charge in [0.15, 0.2) is 0 Å². The third-order valence-electron chi connectivity index (χ3n) is 4.10. The predicted molar refractivity (Wildman–Crippen MR) is 68.8 cm³/mol. The number of fused-ring (bicyclic) bond motifs is 1. The van der Waals surface area contributed by atoms with Crippen LogP contribution in [0.3, 0.4) is 0 Å². The smallest absolute Gasteiger partial charge is 0.0544 e. The Morgan fingerprint density at radius 1 is 1.41 bits per heavy atom. The topological polar surface area (TPSA) is 28.2 Å². The Morgan fingerprint density at radius 3 is 3.18 bits per heavy atom. The van der Waals surface area contributed by atoms with Crippen molar-refractivity contribution in [1.82, 2.24) is 15.2 Å². The molecule has 2 aliphatic rings. The minimum Gasteiger partial charge on any atom is -0.314 e. The average Bonchev–Trinajstić information content (AvgIpc) is 2.79. The van der Waals surface area contributed by atoms with Crippen LogP contribution in [0.15, 0.2) is 18.3 Å². The maximum atomic E-state index is 4.50. The van der Waals surface area contributed by atoms with Crippen molar-refractivity contribution in [2.24, 2.45) is 5.92 Å². The number of aryl methyl sites for hydroxylation is 1. The first kappa shape index (κ1) is 11.2. The van der Waals surface area contributed by atoms with E-state index >= 15 is 0 Å². The second-order valence-corrected chi connectivity index (χ2v) is 5.46. The molecule has 3 nitrogen and oxygen atoms in total. The molecule has 3 rings (SSSR count). The summed E-state index contributed by atoms with van der Waals surface area (Å²) in [6, 6.07) is 5.11. The first-order valence-electron chi connectivity index (χ1n) is 6.68. The largest absolute Gasteiger partial charge is 0.314 e. The molecule has 0 aromatic carbocycles. The molecule has 1 aromatic heterocycles. The number of nitrogens with zero attached hydrogens (tertiary/aromatic N) is 2. The van der Waals surface area contributed by atoms with E-state index in [4.69, 9.17) is 0 Å². The van der Waals surface area contributed by atoms with Crippen LogP contribution in [-0.2, 0) is 6.54 Å². The summed E-state index contributed by atoms with van der Waals surface area (Å²) >= 11 is 0. The van der Waals surface area contributed by atoms with E-state index in [1.54, 1.807) is 0 Å². The van der Waals surface area contributed by atoms with E-state index in [0.717, 1.165) is 18.5 Å². The Hall–Kier alpha value is -0.930. The predicted octanol–water partition coefficient (Wildman–Crippen LogP) is 1.57. The molecule has 0 saturated carbocycles. The summed E-state index contributed by atoms with van der Waals surface area (Å²) in [5, 5.41) is 3.61. The van der Waals surface area contributed by atoms with Gasteiger partial charge in [0.05, 0.1) is 5.69 Å². The van der Waals surface area contributed by atoms with E-state index in [0.29, 0.717) is 0 Å². The molecule has 0 bridgehead atoms. The Bertz CT molecular complexity index is 374. The lowest BCUT2D eigenvalue weighted by Crippen LogP contribution is -2.44. The Balaban J connectivity index is 1.60. The molecule has 0 aliphatic carbocycles. The van der Waals surface area contributed by atoms with Gasteiger partial charge in [0.1, 0.15) is 0 Å². The van der Waals surface area contributed by atoms with E-state index in [1.807, 2.05) is 6.20 Å². The molecule has 92 valence electrons. The molecule has 2 unspecified atom stereocenters. The number of rotatable bonds is 2. The fourth-order valence-electron chi connectivity index (χ4n) is 3.09. The van der Waals surface area contributed by atoms with E-state index in [-0.39, 0.29) is 0 Å². The zero-order valence-electron chi connectivity index (χ0n) is 10.5. The highest BCUT2D eigenvalue weighted by Crippen LogP contribution is 2.25. The minimum atomic E-state index is 0.789. The van der Waals surface area contributed by atoms with Crippen molar-refractivity contribution in [2.45, 2.75) is 32.4 Å². The highest BCUT2D eigenvalue weighted by atomic mass is 15.2. The van der Waals surface area contributed by atoms with E-state index in [1.165, 1.54) is 43.7 Å². The van der Waals surface area contributed by atoms with Gasteiger partial charge in [-0.15, -0.1) is 0 Å². The summed E-state index contributed by atoms with van der Waals surface area (Å²) in [6.07, 6.45) is 4.62. The minimum absolute atomic E-state index is 0.789. The molecule has 2 saturated heterocycles. The summed E-state index contributed by atoms with van der Waals surface area (Å²) in [4.78, 5) is 7.06. The number of likely N-dealkylation sites (tertiary alicyclic amines) is 1. The lowest BCUT2D eigenvalue weighted by atomic mass is 9.93. The fraction of sp³-hybridized carbons (Fsp3) is 0.643. The van der Waals surface area contributed by atoms with E-state index in [9.17, 15) is 0 Å². The van der Waals surface area contributed by atoms with E-state index in [2.05, 4.69) is 34.3 Å². The van der Waals surface area contributed by atoms with Crippen molar-refractivity contribution >= 4 is 0 Å². The molecule has 2 atom stereocenters. The lowest BCUT2D eigenvalue weighted by molar-refractivity contribution is 0.154. The molecule has 1 aromatic rings. The van der Waals surface area contributed by atoms with Gasteiger partial charge < -0.3 is 5.32 Å². The number of aromatic nitrogens is 1. The van der Waals surface area contributed by atoms with Gasteiger partial charge >= 0.3 is 0 Å². The van der Waals surface area contributed by atoms with Crippen molar-refractivity contribution < 1.29 is 0 Å². The van der Waals surface area contributed by atoms with Gasteiger partial charge in [-0.3, -0.25) is 9.88 Å². The van der Waals surface area contributed by atoms with Gasteiger partial charge in [-0.05, 0) is 43.9 Å². The highest BCUT2D eigenvalue weighted by molar-refractivity contribution is 5.12. The number of nitrogens with one attached hydrogen (secondary N) is 1. The number of hydrogen-bond acceptors (Lipinski definition) is 3. The van der Waals surface area contributed by atoms with E-state index < -0.39 is 0 Å². The maximum Gasteiger partial charge on any atom is 0.0544 e. The van der Waals surface area contributed by atoms with Gasteiger partial charge in [0.2, 0.25) is 0 Å². The molecule has 2 aliphatic heterocycles. The molecule has 0 radical (unpaired) electrons. The molecule has 0 spiro atoms. The van der Waals surface area contributed by atoms with Crippen LogP contribution in [-0.4, -0.2) is 35.6 Å². The van der Waals surface area contributed by atoms with Gasteiger partial charge in [-0.2, -0.15) is 0 Å². The highest BCUT2D eigenvalue weighted by Gasteiger charge is 2.32. The molecule has 0 amide bonds. The molecule has 1 N–H and O–H groups in total. The maximum absolute atomic E-state index is 4.50. The van der Waals surface area contributed by atoms with Gasteiger partial charge in [0.25, 0.3) is 0 Å². The zero-order chi connectivity index (χ0) is 11.7. The Labute approximate surface area is 103 Å². The van der Waals surface area contributed by atoms with Crippen LogP contribution in [0.5, 0.6) is 0 Å².